The summed E-state index contributed by atoms with van der Waals surface area (Å²) in [4.78, 5) is 49.8. The molecule has 3 amide bonds. The van der Waals surface area contributed by atoms with Crippen LogP contribution < -0.4 is 28.4 Å². The average molecular weight is 1370 g/mol. The van der Waals surface area contributed by atoms with Gasteiger partial charge in [-0.2, -0.15) is 0 Å². The Kier molecular flexibility index (Phi) is 23.2. The maximum Gasteiger partial charge on any atom is 0.219 e. The summed E-state index contributed by atoms with van der Waals surface area (Å²) in [6, 6.07) is 28.1. The molecule has 0 radical (unpaired) electrons. The Morgan fingerprint density at radius 3 is 0.620 bits per heavy atom. The number of benzene rings is 6. The maximum atomic E-state index is 14.0. The van der Waals surface area contributed by atoms with E-state index in [0.717, 1.165) is 118 Å². The number of hydrogen-bond donors (Lipinski definition) is 0. The predicted octanol–water partition coefficient (Wildman–Crippen LogP) is 16.4. The summed E-state index contributed by atoms with van der Waals surface area (Å²) in [7, 11) is 5.41. The molecule has 6 aromatic rings. The monoisotopic (exact) mass is 1360 g/mol. The van der Waals surface area contributed by atoms with Crippen LogP contribution in [0, 0.1) is 0 Å². The first-order chi connectivity index (χ1) is 46.6. The van der Waals surface area contributed by atoms with Crippen molar-refractivity contribution in [3.8, 4) is 34.5 Å². The molecule has 0 aromatic heterocycles. The van der Waals surface area contributed by atoms with Crippen LogP contribution in [-0.2, 0) is 85.4 Å². The van der Waals surface area contributed by atoms with Crippen molar-refractivity contribution in [2.24, 2.45) is 0 Å². The largest absolute Gasteiger partial charge is 0.496 e. The Balaban J connectivity index is 1.48. The van der Waals surface area contributed by atoms with Crippen LogP contribution in [0.2, 0.25) is 0 Å². The molecular formula is C87H120N4O9. The third-order valence-electron chi connectivity index (χ3n) is 20.8. The fourth-order valence-electron chi connectivity index (χ4n) is 14.4. The first-order valence-corrected chi connectivity index (χ1v) is 36.6. The summed E-state index contributed by atoms with van der Waals surface area (Å²) in [6.07, 6.45) is 2.86. The Bertz CT molecular complexity index is 3770. The number of fused-ring (bicyclic) bond motifs is 12. The van der Waals surface area contributed by atoms with Gasteiger partial charge >= 0.3 is 0 Å². The van der Waals surface area contributed by atoms with Crippen molar-refractivity contribution in [2.45, 2.75) is 216 Å². The van der Waals surface area contributed by atoms with E-state index in [1.807, 2.05) is 14.7 Å². The minimum atomic E-state index is -0.317. The van der Waals surface area contributed by atoms with E-state index in [4.69, 9.17) is 28.4 Å². The second-order valence-electron chi connectivity index (χ2n) is 34.8. The van der Waals surface area contributed by atoms with E-state index in [9.17, 15) is 14.4 Å². The number of methoxy groups -OCH3 is 3. The molecule has 13 nitrogen and oxygen atoms in total. The van der Waals surface area contributed by atoms with Gasteiger partial charge in [-0.15, -0.1) is 0 Å². The third-order valence-corrected chi connectivity index (χ3v) is 20.8. The second-order valence-corrected chi connectivity index (χ2v) is 34.8. The lowest BCUT2D eigenvalue weighted by molar-refractivity contribution is -0.129. The van der Waals surface area contributed by atoms with Crippen LogP contribution in [0.4, 0.5) is 0 Å². The highest BCUT2D eigenvalue weighted by atomic mass is 16.5. The van der Waals surface area contributed by atoms with Crippen molar-refractivity contribution in [1.82, 2.24) is 19.6 Å². The van der Waals surface area contributed by atoms with Crippen molar-refractivity contribution in [3.05, 3.63) is 173 Å². The van der Waals surface area contributed by atoms with Crippen LogP contribution in [0.5, 0.6) is 34.5 Å². The highest BCUT2D eigenvalue weighted by Crippen LogP contribution is 2.46. The van der Waals surface area contributed by atoms with Crippen LogP contribution in [0.3, 0.4) is 0 Å². The number of carbonyl (C=O) groups is 3. The summed E-state index contributed by atoms with van der Waals surface area (Å²) in [6.45, 7) is 50.4. The molecule has 13 heteroatoms. The topological polar surface area (TPSA) is 120 Å². The average Bonchev–Trinajstić information content (AvgIpc) is 0.782. The lowest BCUT2D eigenvalue weighted by Gasteiger charge is -2.32. The zero-order valence-electron chi connectivity index (χ0n) is 65.6. The molecule has 6 aromatic carbocycles. The van der Waals surface area contributed by atoms with Crippen LogP contribution in [0.1, 0.15) is 246 Å². The van der Waals surface area contributed by atoms with E-state index in [1.54, 1.807) is 42.1 Å². The molecule has 1 aliphatic carbocycles. The molecule has 3 aliphatic rings. The van der Waals surface area contributed by atoms with Gasteiger partial charge in [0.05, 0.1) is 41.0 Å². The highest BCUT2D eigenvalue weighted by molar-refractivity contribution is 5.74. The lowest BCUT2D eigenvalue weighted by Crippen LogP contribution is -2.46. The molecule has 0 spiro atoms. The number of rotatable bonds is 3. The molecule has 0 N–H and O–H groups in total. The number of ether oxygens (including phenoxy) is 6. The molecule has 9 rings (SSSR count). The van der Waals surface area contributed by atoms with Gasteiger partial charge in [-0.25, -0.2) is 0 Å². The van der Waals surface area contributed by atoms with Gasteiger partial charge in [-0.3, -0.25) is 19.3 Å². The second kappa shape index (κ2) is 30.2. The number of hydrogen-bond acceptors (Lipinski definition) is 10. The van der Waals surface area contributed by atoms with Gasteiger partial charge in [0.2, 0.25) is 17.7 Å². The first-order valence-electron chi connectivity index (χ1n) is 36.6. The summed E-state index contributed by atoms with van der Waals surface area (Å²) < 4.78 is 42.7. The Morgan fingerprint density at radius 2 is 0.450 bits per heavy atom. The Hall–Kier alpha value is -7.51. The fourth-order valence-corrected chi connectivity index (χ4v) is 14.4. The molecule has 542 valence electrons. The zero-order chi connectivity index (χ0) is 73.4. The van der Waals surface area contributed by atoms with E-state index in [2.05, 4.69) is 202 Å². The van der Waals surface area contributed by atoms with Crippen molar-refractivity contribution in [2.75, 3.05) is 100 Å². The molecule has 0 saturated heterocycles. The summed E-state index contributed by atoms with van der Waals surface area (Å²) >= 11 is 0. The standard InChI is InChI=1S/C87H120N4O9/c1-55(92)89-28-25-88-26-29-90(56(2)93)32-35-99-80-65-40-63-48-72(84(10,11)12)46-61(78(63)97-24)38-59-44-70(82(4,5)6)43-58(76(59)95-22)37-60-45-71(83(7,8)9)47-62(77(60)96-23)39-64-49-73(85(13,14)15)51-66(79(64)98-34-31-89)41-68-53-75(87(19,20)21)54-69(42-67(80)52-74(50-65)86(16,17)18)81(68)100-36-33-91(30-27-88)57(3)94/h43-54H,25-42H2,1-24H3. The fraction of sp³-hybridized carbons (Fsp3) is 0.552. The maximum absolute atomic E-state index is 14.0. The quantitative estimate of drug-likeness (QED) is 0.158. The van der Waals surface area contributed by atoms with Crippen LogP contribution in [0.15, 0.2) is 72.8 Å². The van der Waals surface area contributed by atoms with Gasteiger partial charge in [0.15, 0.2) is 0 Å². The zero-order valence-corrected chi connectivity index (χ0v) is 65.6. The van der Waals surface area contributed by atoms with Gasteiger partial charge in [0.1, 0.15) is 54.3 Å². The van der Waals surface area contributed by atoms with Crippen LogP contribution >= 0.6 is 0 Å². The van der Waals surface area contributed by atoms with Gasteiger partial charge in [0.25, 0.3) is 0 Å². The van der Waals surface area contributed by atoms with Crippen molar-refractivity contribution >= 4 is 17.7 Å². The van der Waals surface area contributed by atoms with E-state index < -0.39 is 0 Å². The minimum absolute atomic E-state index is 0.0535. The van der Waals surface area contributed by atoms with Crippen molar-refractivity contribution in [3.63, 3.8) is 0 Å². The molecular weight excluding hydrogens is 1240 g/mol. The molecule has 2 heterocycles. The SMILES string of the molecule is COc1c2cc(C(C)(C)C)cc1Cc1cc(C(C)(C)C)cc(c1OC)Cc1cc(C(C)(C)C)cc3c1OCCN(C(C)=O)CCN1CCN(C(C)=O)CCOc4c(cc(C(C)(C)C)cc4Cc4cc(C(C)(C)C)cc(c4OCCN(C(C)=O)CC1)C3)Cc1cc(C(C)(C)C)cc(c1OC)C2. The highest BCUT2D eigenvalue weighted by Gasteiger charge is 2.33. The van der Waals surface area contributed by atoms with Gasteiger partial charge in [-0.1, -0.05) is 197 Å². The van der Waals surface area contributed by atoms with Crippen LogP contribution in [0.25, 0.3) is 0 Å². The van der Waals surface area contributed by atoms with E-state index in [1.165, 1.54) is 16.7 Å². The number of nitrogens with zero attached hydrogens (tertiary/aromatic N) is 4. The van der Waals surface area contributed by atoms with Crippen molar-refractivity contribution < 1.29 is 42.8 Å². The summed E-state index contributed by atoms with van der Waals surface area (Å²) in [5, 5.41) is 0. The number of carbonyl (C=O) groups excluding carboxylic acids is 3. The first kappa shape index (κ1) is 76.7. The van der Waals surface area contributed by atoms with Gasteiger partial charge in [0, 0.05) is 98.6 Å². The smallest absolute Gasteiger partial charge is 0.219 e. The molecule has 0 unspecified atom stereocenters. The van der Waals surface area contributed by atoms with Crippen LogP contribution in [-0.4, -0.2) is 137 Å². The molecule has 0 fully saturated rings. The molecule has 0 atom stereocenters. The number of amides is 3. The Morgan fingerprint density at radius 1 is 0.280 bits per heavy atom. The third kappa shape index (κ3) is 18.2. The van der Waals surface area contributed by atoms with Crippen molar-refractivity contribution in [1.29, 1.82) is 0 Å². The Labute approximate surface area is 601 Å². The lowest BCUT2D eigenvalue weighted by atomic mass is 9.79. The van der Waals surface area contributed by atoms with E-state index >= 15 is 0 Å². The normalized spacial score (nSPS) is 16.1. The van der Waals surface area contributed by atoms with E-state index in [-0.39, 0.29) is 70.0 Å². The van der Waals surface area contributed by atoms with E-state index in [0.29, 0.717) is 97.4 Å². The molecule has 100 heavy (non-hydrogen) atoms. The van der Waals surface area contributed by atoms with Gasteiger partial charge < -0.3 is 43.1 Å². The predicted molar refractivity (Wildman–Crippen MR) is 407 cm³/mol. The molecule has 0 saturated carbocycles. The molecule has 16 bridgehead atoms. The summed E-state index contributed by atoms with van der Waals surface area (Å²) in [5.41, 5.74) is 17.6. The summed E-state index contributed by atoms with van der Waals surface area (Å²) in [5.74, 6) is 4.54. The molecule has 2 aliphatic heterocycles. The minimum Gasteiger partial charge on any atom is -0.496 e. The van der Waals surface area contributed by atoms with Gasteiger partial charge in [-0.05, 0) is 133 Å².